The Bertz CT molecular complexity index is 569. The minimum Gasteiger partial charge on any atom is -0.301 e. The van der Waals surface area contributed by atoms with Gasteiger partial charge in [0.05, 0.1) is 0 Å². The Morgan fingerprint density at radius 2 is 2.05 bits per heavy atom. The minimum atomic E-state index is -0.00863. The molecule has 4 nitrogen and oxygen atoms in total. The topological polar surface area (TPSA) is 54.9 Å². The lowest BCUT2D eigenvalue weighted by atomic mass is 10.1. The molecule has 0 fully saturated rings. The summed E-state index contributed by atoms with van der Waals surface area (Å²) >= 11 is 3.14. The summed E-state index contributed by atoms with van der Waals surface area (Å²) in [5, 5.41) is 12.5. The number of hydrogen-bond acceptors (Lipinski definition) is 5. The first-order valence-corrected chi connectivity index (χ1v) is 8.74. The van der Waals surface area contributed by atoms with Crippen molar-refractivity contribution in [3.05, 3.63) is 35.3 Å². The molecule has 2 rings (SSSR count). The fourth-order valence-electron chi connectivity index (χ4n) is 1.70. The number of nitrogens with one attached hydrogen (secondary N) is 1. The molecule has 0 spiro atoms. The molecule has 0 bridgehead atoms. The van der Waals surface area contributed by atoms with Crippen LogP contribution in [0.15, 0.2) is 35.2 Å². The van der Waals surface area contributed by atoms with E-state index >= 15 is 0 Å². The van der Waals surface area contributed by atoms with Crippen LogP contribution in [0.5, 0.6) is 0 Å². The van der Waals surface area contributed by atoms with Gasteiger partial charge in [-0.3, -0.25) is 4.79 Å². The first-order valence-electron chi connectivity index (χ1n) is 6.93. The van der Waals surface area contributed by atoms with Gasteiger partial charge in [-0.1, -0.05) is 43.4 Å². The molecule has 1 heterocycles. The van der Waals surface area contributed by atoms with Crippen LogP contribution in [0.1, 0.15) is 25.3 Å². The van der Waals surface area contributed by atoms with Crippen molar-refractivity contribution in [3.8, 4) is 0 Å². The Morgan fingerprint density at radius 1 is 1.29 bits per heavy atom. The lowest BCUT2D eigenvalue weighted by molar-refractivity contribution is -0.115. The molecule has 1 amide bonds. The molecular weight excluding hydrogens is 302 g/mol. The lowest BCUT2D eigenvalue weighted by Crippen LogP contribution is -2.11. The summed E-state index contributed by atoms with van der Waals surface area (Å²) in [5.41, 5.74) is 0. The summed E-state index contributed by atoms with van der Waals surface area (Å²) in [6.45, 7) is 4.28. The van der Waals surface area contributed by atoms with Crippen LogP contribution in [0.25, 0.3) is 0 Å². The number of carbonyl (C=O) groups excluding carboxylic acids is 1. The average molecular weight is 321 g/mol. The second-order valence-electron chi connectivity index (χ2n) is 5.06. The summed E-state index contributed by atoms with van der Waals surface area (Å²) < 4.78 is 0. The molecule has 0 unspecified atom stereocenters. The van der Waals surface area contributed by atoms with Gasteiger partial charge in [0.2, 0.25) is 11.0 Å². The van der Waals surface area contributed by atoms with E-state index in [2.05, 4.69) is 29.4 Å². The zero-order valence-electron chi connectivity index (χ0n) is 12.2. The van der Waals surface area contributed by atoms with Gasteiger partial charge in [-0.15, -0.1) is 22.0 Å². The Hall–Kier alpha value is -1.40. The summed E-state index contributed by atoms with van der Waals surface area (Å²) in [6.07, 6.45) is 1.37. The van der Waals surface area contributed by atoms with Gasteiger partial charge in [0.25, 0.3) is 0 Å². The van der Waals surface area contributed by atoms with E-state index in [1.165, 1.54) is 16.2 Å². The smallest absolute Gasteiger partial charge is 0.227 e. The van der Waals surface area contributed by atoms with E-state index in [9.17, 15) is 4.79 Å². The highest BCUT2D eigenvalue weighted by molar-refractivity contribution is 7.99. The second kappa shape index (κ2) is 8.14. The highest BCUT2D eigenvalue weighted by Crippen LogP contribution is 2.20. The molecule has 21 heavy (non-hydrogen) atoms. The molecule has 0 saturated heterocycles. The number of hydrogen-bond donors (Lipinski definition) is 1. The molecular formula is C15H19N3OS2. The highest BCUT2D eigenvalue weighted by atomic mass is 32.2. The zero-order valence-corrected chi connectivity index (χ0v) is 13.8. The van der Waals surface area contributed by atoms with Crippen molar-refractivity contribution in [2.45, 2.75) is 31.6 Å². The van der Waals surface area contributed by atoms with Crippen LogP contribution in [0.3, 0.4) is 0 Å². The quantitative estimate of drug-likeness (QED) is 0.787. The predicted molar refractivity (Wildman–Crippen MR) is 88.9 cm³/mol. The number of rotatable bonds is 7. The van der Waals surface area contributed by atoms with Crippen LogP contribution in [0, 0.1) is 5.92 Å². The number of aromatic nitrogens is 2. The van der Waals surface area contributed by atoms with Crippen molar-refractivity contribution in [1.82, 2.24) is 10.2 Å². The molecule has 2 aromatic rings. The standard InChI is InChI=1S/C15H19N3OS2/c1-11(2)10-14-17-18-15(21-14)16-13(19)8-9-20-12-6-4-3-5-7-12/h3-7,11H,8-10H2,1-2H3,(H,16,18,19). The van der Waals surface area contributed by atoms with Gasteiger partial charge in [-0.25, -0.2) is 0 Å². The normalized spacial score (nSPS) is 10.8. The summed E-state index contributed by atoms with van der Waals surface area (Å²) in [4.78, 5) is 13.0. The average Bonchev–Trinajstić information content (AvgIpc) is 2.86. The first-order chi connectivity index (χ1) is 10.1. The zero-order chi connectivity index (χ0) is 15.1. The third-order valence-corrected chi connectivity index (χ3v) is 4.51. The summed E-state index contributed by atoms with van der Waals surface area (Å²) in [5.74, 6) is 1.29. The number of thioether (sulfide) groups is 1. The second-order valence-corrected chi connectivity index (χ2v) is 7.29. The molecule has 6 heteroatoms. The van der Waals surface area contributed by atoms with Crippen LogP contribution < -0.4 is 5.32 Å². The third kappa shape index (κ3) is 5.85. The molecule has 0 aliphatic carbocycles. The van der Waals surface area contributed by atoms with Gasteiger partial charge in [-0.2, -0.15) is 0 Å². The summed E-state index contributed by atoms with van der Waals surface area (Å²) in [7, 11) is 0. The van der Waals surface area contributed by atoms with Gasteiger partial charge in [0, 0.05) is 23.5 Å². The van der Waals surface area contributed by atoms with E-state index in [0.29, 0.717) is 17.5 Å². The molecule has 112 valence electrons. The van der Waals surface area contributed by atoms with Crippen LogP contribution in [0.2, 0.25) is 0 Å². The van der Waals surface area contributed by atoms with E-state index in [4.69, 9.17) is 0 Å². The minimum absolute atomic E-state index is 0.00863. The third-order valence-electron chi connectivity index (χ3n) is 2.64. The molecule has 0 aliphatic rings. The van der Waals surface area contributed by atoms with Gasteiger partial charge in [-0.05, 0) is 18.1 Å². The van der Waals surface area contributed by atoms with Gasteiger partial charge in [0.1, 0.15) is 5.01 Å². The van der Waals surface area contributed by atoms with E-state index in [1.807, 2.05) is 30.3 Å². The van der Waals surface area contributed by atoms with Crippen LogP contribution in [0.4, 0.5) is 5.13 Å². The number of benzene rings is 1. The maximum absolute atomic E-state index is 11.8. The number of amides is 1. The van der Waals surface area contributed by atoms with Crippen LogP contribution in [-0.2, 0) is 11.2 Å². The molecule has 0 atom stereocenters. The fourth-order valence-corrected chi connectivity index (χ4v) is 3.54. The SMILES string of the molecule is CC(C)Cc1nnc(NC(=O)CCSc2ccccc2)s1. The van der Waals surface area contributed by atoms with Gasteiger partial charge >= 0.3 is 0 Å². The maximum Gasteiger partial charge on any atom is 0.227 e. The summed E-state index contributed by atoms with van der Waals surface area (Å²) in [6, 6.07) is 10.1. The fraction of sp³-hybridized carbons (Fsp3) is 0.400. The molecule has 0 radical (unpaired) electrons. The molecule has 0 aliphatic heterocycles. The monoisotopic (exact) mass is 321 g/mol. The van der Waals surface area contributed by atoms with Crippen LogP contribution in [-0.4, -0.2) is 21.9 Å². The Kier molecular flexibility index (Phi) is 6.20. The Labute approximate surface area is 133 Å². The number of nitrogens with zero attached hydrogens (tertiary/aromatic N) is 2. The Morgan fingerprint density at radius 3 is 2.76 bits per heavy atom. The molecule has 1 aromatic heterocycles. The van der Waals surface area contributed by atoms with Crippen molar-refractivity contribution in [2.24, 2.45) is 5.92 Å². The van der Waals surface area contributed by atoms with Crippen LogP contribution >= 0.6 is 23.1 Å². The predicted octanol–water partition coefficient (Wildman–Crippen LogP) is 3.86. The Balaban J connectivity index is 1.73. The van der Waals surface area contributed by atoms with Gasteiger partial charge < -0.3 is 5.32 Å². The van der Waals surface area contributed by atoms with Crippen molar-refractivity contribution in [3.63, 3.8) is 0 Å². The maximum atomic E-state index is 11.8. The molecule has 0 saturated carbocycles. The van der Waals surface area contributed by atoms with E-state index in [1.54, 1.807) is 11.8 Å². The van der Waals surface area contributed by atoms with E-state index < -0.39 is 0 Å². The van der Waals surface area contributed by atoms with Crippen molar-refractivity contribution in [2.75, 3.05) is 11.1 Å². The molecule has 1 N–H and O–H groups in total. The first kappa shape index (κ1) is 16.0. The van der Waals surface area contributed by atoms with Crippen molar-refractivity contribution >= 4 is 34.1 Å². The highest BCUT2D eigenvalue weighted by Gasteiger charge is 2.09. The van der Waals surface area contributed by atoms with Crippen molar-refractivity contribution in [1.29, 1.82) is 0 Å². The molecule has 1 aromatic carbocycles. The van der Waals surface area contributed by atoms with E-state index in [0.717, 1.165) is 17.2 Å². The lowest BCUT2D eigenvalue weighted by Gasteiger charge is -2.02. The number of carbonyl (C=O) groups is 1. The largest absolute Gasteiger partial charge is 0.301 e. The number of anilines is 1. The van der Waals surface area contributed by atoms with E-state index in [-0.39, 0.29) is 5.91 Å². The van der Waals surface area contributed by atoms with Crippen molar-refractivity contribution < 1.29 is 4.79 Å². The van der Waals surface area contributed by atoms with Gasteiger partial charge in [0.15, 0.2) is 0 Å².